The highest BCUT2D eigenvalue weighted by Crippen LogP contribution is 2.55. The number of aliphatic imine (C=N–C) groups is 1. The van der Waals surface area contributed by atoms with Crippen molar-refractivity contribution in [1.29, 1.82) is 0 Å². The van der Waals surface area contributed by atoms with Crippen molar-refractivity contribution in [2.24, 2.45) is 21.7 Å². The van der Waals surface area contributed by atoms with E-state index in [1.807, 2.05) is 6.20 Å². The number of aromatic nitrogens is 2. The summed E-state index contributed by atoms with van der Waals surface area (Å²) in [6.45, 7) is 8.36. The highest BCUT2D eigenvalue weighted by molar-refractivity contribution is 5.83. The molecule has 2 aromatic carbocycles. The molecule has 2 saturated carbocycles. The largest absolute Gasteiger partial charge is 0.382 e. The quantitative estimate of drug-likeness (QED) is 0.181. The van der Waals surface area contributed by atoms with Crippen LogP contribution in [0.25, 0.3) is 28.1 Å². The molecule has 10 rings (SSSR count). The smallest absolute Gasteiger partial charge is 0.124 e. The molecular formula is C45H59N7. The lowest BCUT2D eigenvalue weighted by Gasteiger charge is -2.37. The highest BCUT2D eigenvalue weighted by Gasteiger charge is 2.45. The second-order valence-electron chi connectivity index (χ2n) is 18.3. The van der Waals surface area contributed by atoms with Gasteiger partial charge < -0.3 is 25.8 Å². The average molecular weight is 698 g/mol. The van der Waals surface area contributed by atoms with Crippen molar-refractivity contribution in [2.75, 3.05) is 33.2 Å². The Bertz CT molecular complexity index is 1870. The molecule has 4 N–H and O–H groups in total. The summed E-state index contributed by atoms with van der Waals surface area (Å²) in [7, 11) is 2.30. The number of imidazole rings is 1. The van der Waals surface area contributed by atoms with Crippen LogP contribution in [0.5, 0.6) is 0 Å². The molecule has 0 radical (unpaired) electrons. The van der Waals surface area contributed by atoms with Gasteiger partial charge in [0.2, 0.25) is 0 Å². The zero-order valence-electron chi connectivity index (χ0n) is 31.5. The van der Waals surface area contributed by atoms with Crippen LogP contribution in [-0.4, -0.2) is 66.9 Å². The third kappa shape index (κ3) is 5.81. The standard InChI is InChI=1S/C45H59N7/c1-46-27-40(48-26-31-7-3-6-18-47-31)34-12-10-32(36-22-44(24-38(34)36)14-4-5-15-44)33-11-13-35(39-25-45(23-37(33)39)16-19-52(2)20-17-45)41-28-49-43(51-41)42-29-8-9-30(21-29)50-42/h10-13,27-31,42,47-48,50H,1,3-9,14-26H2,2H3,(H,49,51)/b40-27-. The number of rotatable bonds is 8. The minimum atomic E-state index is 0.354. The molecule has 4 aliphatic carbocycles. The molecule has 4 atom stereocenters. The highest BCUT2D eigenvalue weighted by atomic mass is 15.1. The van der Waals surface area contributed by atoms with E-state index >= 15 is 0 Å². The zero-order chi connectivity index (χ0) is 34.9. The maximum atomic E-state index is 5.04. The third-order valence-electron chi connectivity index (χ3n) is 15.1. The molecule has 52 heavy (non-hydrogen) atoms. The van der Waals surface area contributed by atoms with Crippen molar-refractivity contribution in [3.63, 3.8) is 0 Å². The molecule has 2 bridgehead atoms. The summed E-state index contributed by atoms with van der Waals surface area (Å²) >= 11 is 0. The first-order valence-corrected chi connectivity index (χ1v) is 20.9. The Hall–Kier alpha value is -3.26. The van der Waals surface area contributed by atoms with Crippen LogP contribution in [0.2, 0.25) is 0 Å². The van der Waals surface area contributed by atoms with E-state index in [4.69, 9.17) is 4.98 Å². The van der Waals surface area contributed by atoms with Crippen molar-refractivity contribution in [1.82, 2.24) is 30.8 Å². The third-order valence-corrected chi connectivity index (χ3v) is 15.1. The van der Waals surface area contributed by atoms with E-state index in [1.165, 1.54) is 144 Å². The number of nitrogens with one attached hydrogen (secondary N) is 4. The molecule has 0 amide bonds. The lowest BCUT2D eigenvalue weighted by atomic mass is 9.75. The first kappa shape index (κ1) is 33.3. The summed E-state index contributed by atoms with van der Waals surface area (Å²) in [4.78, 5) is 15.8. The zero-order valence-corrected chi connectivity index (χ0v) is 31.5. The fourth-order valence-electron chi connectivity index (χ4n) is 12.2. The molecule has 274 valence electrons. The Morgan fingerprint density at radius 1 is 0.885 bits per heavy atom. The maximum absolute atomic E-state index is 5.04. The van der Waals surface area contributed by atoms with Gasteiger partial charge in [0, 0.05) is 36.0 Å². The summed E-state index contributed by atoms with van der Waals surface area (Å²) in [5.74, 6) is 1.87. The van der Waals surface area contributed by atoms with Crippen LogP contribution >= 0.6 is 0 Å². The first-order chi connectivity index (χ1) is 25.5. The number of fused-ring (bicyclic) bond motifs is 4. The predicted octanol–water partition coefficient (Wildman–Crippen LogP) is 7.76. The molecular weight excluding hydrogens is 639 g/mol. The van der Waals surface area contributed by atoms with Crippen molar-refractivity contribution < 1.29 is 0 Å². The van der Waals surface area contributed by atoms with Crippen molar-refractivity contribution >= 4 is 12.4 Å². The van der Waals surface area contributed by atoms with E-state index in [0.29, 0.717) is 29.0 Å². The molecule has 7 heteroatoms. The number of benzene rings is 2. The van der Waals surface area contributed by atoms with Crippen molar-refractivity contribution in [3.05, 3.63) is 70.3 Å². The van der Waals surface area contributed by atoms with E-state index in [2.05, 4.69) is 75.1 Å². The van der Waals surface area contributed by atoms with Crippen LogP contribution in [-0.2, 0) is 25.7 Å². The van der Waals surface area contributed by atoms with Crippen LogP contribution in [0, 0.1) is 16.7 Å². The van der Waals surface area contributed by atoms with Crippen LogP contribution in [0.4, 0.5) is 0 Å². The number of likely N-dealkylation sites (tertiary alicyclic amines) is 1. The maximum Gasteiger partial charge on any atom is 0.124 e. The molecule has 3 aromatic rings. The SMILES string of the molecule is C=N/C=C(\NCC1CCCCN1)c1ccc(-c2ccc(-c3cnc(C4NC5CCC4C5)[nH]3)c3c2CC2(CCN(C)CC2)C3)c2c1CC1(CCCC1)C2. The fraction of sp³-hybridized carbons (Fsp3) is 0.600. The molecule has 7 nitrogen and oxygen atoms in total. The topological polar surface area (TPSA) is 80.4 Å². The number of H-pyrrole nitrogens is 1. The van der Waals surface area contributed by atoms with E-state index in [9.17, 15) is 0 Å². The minimum Gasteiger partial charge on any atom is -0.382 e. The average Bonchev–Trinajstić information content (AvgIpc) is 4.03. The number of nitrogens with zero attached hydrogens (tertiary/aromatic N) is 3. The Balaban J connectivity index is 1.05. The summed E-state index contributed by atoms with van der Waals surface area (Å²) in [5.41, 5.74) is 15.2. The number of hydrogen-bond donors (Lipinski definition) is 4. The fourth-order valence-corrected chi connectivity index (χ4v) is 12.2. The predicted molar refractivity (Wildman–Crippen MR) is 213 cm³/mol. The normalized spacial score (nSPS) is 28.9. The van der Waals surface area contributed by atoms with E-state index in [0.717, 1.165) is 30.5 Å². The summed E-state index contributed by atoms with van der Waals surface area (Å²) in [6.07, 6.45) is 24.7. The minimum absolute atomic E-state index is 0.354. The molecule has 7 aliphatic rings. The Morgan fingerprint density at radius 2 is 1.60 bits per heavy atom. The molecule has 1 aromatic heterocycles. The number of aromatic amines is 1. The summed E-state index contributed by atoms with van der Waals surface area (Å²) in [5, 5.41) is 11.5. The van der Waals surface area contributed by atoms with Gasteiger partial charge in [0.1, 0.15) is 5.82 Å². The van der Waals surface area contributed by atoms with Gasteiger partial charge in [0.05, 0.1) is 23.6 Å². The van der Waals surface area contributed by atoms with Gasteiger partial charge in [0.25, 0.3) is 0 Å². The second kappa shape index (κ2) is 13.2. The molecule has 4 unspecified atom stereocenters. The van der Waals surface area contributed by atoms with Gasteiger partial charge in [-0.05, 0) is 167 Å². The van der Waals surface area contributed by atoms with Crippen LogP contribution in [0.15, 0.2) is 41.7 Å². The van der Waals surface area contributed by atoms with Gasteiger partial charge >= 0.3 is 0 Å². The lowest BCUT2D eigenvalue weighted by molar-refractivity contribution is 0.131. The van der Waals surface area contributed by atoms with Gasteiger partial charge in [-0.3, -0.25) is 4.99 Å². The first-order valence-electron chi connectivity index (χ1n) is 20.9. The summed E-state index contributed by atoms with van der Waals surface area (Å²) < 4.78 is 0. The Kier molecular flexibility index (Phi) is 8.49. The van der Waals surface area contributed by atoms with Crippen molar-refractivity contribution in [2.45, 2.75) is 121 Å². The molecule has 2 spiro atoms. The molecule has 5 fully saturated rings. The van der Waals surface area contributed by atoms with Crippen LogP contribution < -0.4 is 16.0 Å². The van der Waals surface area contributed by atoms with Gasteiger partial charge in [-0.1, -0.05) is 43.5 Å². The van der Waals surface area contributed by atoms with E-state index < -0.39 is 0 Å². The summed E-state index contributed by atoms with van der Waals surface area (Å²) in [6, 6.07) is 11.5. The number of piperidine rings is 3. The molecule has 4 heterocycles. The van der Waals surface area contributed by atoms with E-state index in [-0.39, 0.29) is 0 Å². The van der Waals surface area contributed by atoms with E-state index in [1.54, 1.807) is 22.3 Å². The number of hydrogen-bond acceptors (Lipinski definition) is 6. The monoisotopic (exact) mass is 697 g/mol. The second-order valence-corrected chi connectivity index (χ2v) is 18.3. The Morgan fingerprint density at radius 3 is 2.31 bits per heavy atom. The van der Waals surface area contributed by atoms with Crippen molar-refractivity contribution in [3.8, 4) is 22.4 Å². The lowest BCUT2D eigenvalue weighted by Crippen LogP contribution is -2.41. The van der Waals surface area contributed by atoms with Crippen LogP contribution in [0.3, 0.4) is 0 Å². The van der Waals surface area contributed by atoms with Gasteiger partial charge in [-0.15, -0.1) is 0 Å². The molecule has 3 saturated heterocycles. The molecule has 3 aliphatic heterocycles. The van der Waals surface area contributed by atoms with Gasteiger partial charge in [-0.25, -0.2) is 4.98 Å². The Labute approximate surface area is 310 Å². The van der Waals surface area contributed by atoms with Gasteiger partial charge in [0.15, 0.2) is 0 Å². The van der Waals surface area contributed by atoms with Gasteiger partial charge in [-0.2, -0.15) is 0 Å². The van der Waals surface area contributed by atoms with Crippen LogP contribution in [0.1, 0.15) is 117 Å².